The molecular weight excluding hydrogens is 280 g/mol. The third-order valence-electron chi connectivity index (χ3n) is 2.99. The monoisotopic (exact) mass is 296 g/mol. The molecular formula is C18H16O2S. The minimum atomic E-state index is -1.44. The van der Waals surface area contributed by atoms with E-state index in [1.807, 2.05) is 48.5 Å². The normalized spacial score (nSPS) is 13.7. The van der Waals surface area contributed by atoms with E-state index in [-0.39, 0.29) is 5.78 Å². The van der Waals surface area contributed by atoms with Crippen LogP contribution in [-0.2, 0) is 15.6 Å². The van der Waals surface area contributed by atoms with Gasteiger partial charge in [0.15, 0.2) is 5.78 Å². The number of carbonyl (C=O) groups is 1. The average Bonchev–Trinajstić information content (AvgIpc) is 2.55. The topological polar surface area (TPSA) is 34.1 Å². The molecule has 2 atom stereocenters. The first-order valence-corrected chi connectivity index (χ1v) is 7.84. The second-order valence-electron chi connectivity index (χ2n) is 4.44. The lowest BCUT2D eigenvalue weighted by atomic mass is 10.1. The van der Waals surface area contributed by atoms with Gasteiger partial charge in [-0.05, 0) is 23.3 Å². The van der Waals surface area contributed by atoms with Crippen molar-refractivity contribution in [1.29, 1.82) is 0 Å². The van der Waals surface area contributed by atoms with Crippen LogP contribution in [0.5, 0.6) is 0 Å². The van der Waals surface area contributed by atoms with E-state index in [1.54, 1.807) is 23.6 Å². The highest BCUT2D eigenvalue weighted by atomic mass is 32.2. The Morgan fingerprint density at radius 1 is 1.00 bits per heavy atom. The Morgan fingerprint density at radius 3 is 2.14 bits per heavy atom. The van der Waals surface area contributed by atoms with E-state index in [0.717, 1.165) is 11.1 Å². The van der Waals surface area contributed by atoms with Crippen molar-refractivity contribution in [3.63, 3.8) is 0 Å². The van der Waals surface area contributed by atoms with Crippen molar-refractivity contribution in [2.75, 3.05) is 0 Å². The maximum atomic E-state index is 12.5. The van der Waals surface area contributed by atoms with Crippen molar-refractivity contribution >= 4 is 22.7 Å². The lowest BCUT2D eigenvalue weighted by molar-refractivity contribution is -0.114. The number of hydrogen-bond acceptors (Lipinski definition) is 2. The van der Waals surface area contributed by atoms with E-state index in [4.69, 9.17) is 0 Å². The number of allylic oxidation sites excluding steroid dienone is 1. The first-order valence-electron chi connectivity index (χ1n) is 6.56. The molecule has 0 aliphatic heterocycles. The summed E-state index contributed by atoms with van der Waals surface area (Å²) in [5.74, 6) is -0.239. The molecule has 0 radical (unpaired) electrons. The van der Waals surface area contributed by atoms with Crippen LogP contribution >= 0.6 is 0 Å². The minimum absolute atomic E-state index is 0.239. The number of hydrogen-bond donors (Lipinski definition) is 0. The quantitative estimate of drug-likeness (QED) is 0.758. The second kappa shape index (κ2) is 7.50. The summed E-state index contributed by atoms with van der Waals surface area (Å²) < 4.78 is 12.5. The highest BCUT2D eigenvalue weighted by Gasteiger charge is 2.23. The van der Waals surface area contributed by atoms with Crippen LogP contribution in [0.25, 0.3) is 6.08 Å². The molecule has 0 aliphatic carbocycles. The highest BCUT2D eigenvalue weighted by molar-refractivity contribution is 7.89. The molecule has 0 N–H and O–H groups in total. The summed E-state index contributed by atoms with van der Waals surface area (Å²) >= 11 is 0. The van der Waals surface area contributed by atoms with Gasteiger partial charge >= 0.3 is 0 Å². The van der Waals surface area contributed by atoms with Crippen LogP contribution in [0.2, 0.25) is 0 Å². The zero-order valence-electron chi connectivity index (χ0n) is 11.5. The maximum Gasteiger partial charge on any atom is 0.175 e. The van der Waals surface area contributed by atoms with Crippen LogP contribution in [-0.4, -0.2) is 9.99 Å². The van der Waals surface area contributed by atoms with Crippen molar-refractivity contribution in [1.82, 2.24) is 0 Å². The standard InChI is InChI=1S/C18H16O2S/c1-2-17(19)18(16-11-7-4-8-12-16)21(20)14-13-15-9-5-3-6-10-15/h2-14,18H,1H2. The molecule has 2 aromatic rings. The fourth-order valence-corrected chi connectivity index (χ4v) is 3.14. The van der Waals surface area contributed by atoms with E-state index in [2.05, 4.69) is 6.58 Å². The molecule has 2 nitrogen and oxygen atoms in total. The third-order valence-corrected chi connectivity index (χ3v) is 4.36. The molecule has 3 heteroatoms. The fourth-order valence-electron chi connectivity index (χ4n) is 1.94. The number of rotatable bonds is 6. The summed E-state index contributed by atoms with van der Waals surface area (Å²) in [6.07, 6.45) is 2.99. The molecule has 0 bridgehead atoms. The summed E-state index contributed by atoms with van der Waals surface area (Å²) in [5.41, 5.74) is 1.68. The summed E-state index contributed by atoms with van der Waals surface area (Å²) in [6.45, 7) is 3.50. The molecule has 0 heterocycles. The van der Waals surface area contributed by atoms with Gasteiger partial charge in [0.2, 0.25) is 0 Å². The summed E-state index contributed by atoms with van der Waals surface area (Å²) in [7, 11) is -1.44. The first-order chi connectivity index (χ1) is 10.2. The number of benzene rings is 2. The largest absolute Gasteiger partial charge is 0.293 e. The number of carbonyl (C=O) groups excluding carboxylic acids is 1. The van der Waals surface area contributed by atoms with Crippen molar-refractivity contribution in [3.05, 3.63) is 89.9 Å². The van der Waals surface area contributed by atoms with Gasteiger partial charge in [0.25, 0.3) is 0 Å². The molecule has 0 fully saturated rings. The molecule has 2 aromatic carbocycles. The zero-order chi connectivity index (χ0) is 15.1. The van der Waals surface area contributed by atoms with Gasteiger partial charge in [0.05, 0.1) is 10.8 Å². The first kappa shape index (κ1) is 15.1. The van der Waals surface area contributed by atoms with Crippen LogP contribution < -0.4 is 0 Å². The molecule has 0 saturated heterocycles. The summed E-state index contributed by atoms with van der Waals surface area (Å²) in [5, 5.41) is 0.859. The van der Waals surface area contributed by atoms with Crippen LogP contribution in [0, 0.1) is 0 Å². The molecule has 0 aliphatic rings. The van der Waals surface area contributed by atoms with Gasteiger partial charge < -0.3 is 0 Å². The summed E-state index contributed by atoms with van der Waals surface area (Å²) in [6, 6.07) is 18.7. The predicted octanol–water partition coefficient (Wildman–Crippen LogP) is 3.90. The van der Waals surface area contributed by atoms with Gasteiger partial charge in [-0.15, -0.1) is 0 Å². The Bertz CT molecular complexity index is 660. The third kappa shape index (κ3) is 4.10. The lowest BCUT2D eigenvalue weighted by Gasteiger charge is -2.11. The molecule has 21 heavy (non-hydrogen) atoms. The van der Waals surface area contributed by atoms with Crippen molar-refractivity contribution in [2.24, 2.45) is 0 Å². The number of ketones is 1. The van der Waals surface area contributed by atoms with E-state index >= 15 is 0 Å². The van der Waals surface area contributed by atoms with E-state index in [0.29, 0.717) is 0 Å². The zero-order valence-corrected chi connectivity index (χ0v) is 12.3. The Kier molecular flexibility index (Phi) is 5.41. The lowest BCUT2D eigenvalue weighted by Crippen LogP contribution is -2.14. The fraction of sp³-hybridized carbons (Fsp3) is 0.0556. The average molecular weight is 296 g/mol. The molecule has 2 unspecified atom stereocenters. The van der Waals surface area contributed by atoms with Crippen LogP contribution in [0.15, 0.2) is 78.7 Å². The van der Waals surface area contributed by atoms with Crippen molar-refractivity contribution < 1.29 is 9.00 Å². The second-order valence-corrected chi connectivity index (χ2v) is 5.84. The van der Waals surface area contributed by atoms with E-state index < -0.39 is 16.0 Å². The summed E-state index contributed by atoms with van der Waals surface area (Å²) in [4.78, 5) is 12.0. The van der Waals surface area contributed by atoms with Gasteiger partial charge in [-0.25, -0.2) is 0 Å². The molecule has 0 saturated carbocycles. The molecule has 0 aromatic heterocycles. The van der Waals surface area contributed by atoms with Crippen LogP contribution in [0.4, 0.5) is 0 Å². The SMILES string of the molecule is C=CC(=O)C(c1ccccc1)S(=O)C=Cc1ccccc1. The maximum absolute atomic E-state index is 12.5. The van der Waals surface area contributed by atoms with Gasteiger partial charge in [0.1, 0.15) is 5.25 Å². The Hall–Kier alpha value is -2.26. The van der Waals surface area contributed by atoms with E-state index in [9.17, 15) is 9.00 Å². The van der Waals surface area contributed by atoms with Crippen LogP contribution in [0.1, 0.15) is 16.4 Å². The molecule has 106 valence electrons. The highest BCUT2D eigenvalue weighted by Crippen LogP contribution is 2.23. The van der Waals surface area contributed by atoms with E-state index in [1.165, 1.54) is 6.08 Å². The smallest absolute Gasteiger partial charge is 0.175 e. The Balaban J connectivity index is 2.25. The van der Waals surface area contributed by atoms with Crippen molar-refractivity contribution in [3.8, 4) is 0 Å². The van der Waals surface area contributed by atoms with Gasteiger partial charge in [-0.2, -0.15) is 0 Å². The van der Waals surface area contributed by atoms with Crippen molar-refractivity contribution in [2.45, 2.75) is 5.25 Å². The molecule has 0 spiro atoms. The predicted molar refractivity (Wildman–Crippen MR) is 88.0 cm³/mol. The minimum Gasteiger partial charge on any atom is -0.293 e. The Labute approximate surface area is 127 Å². The van der Waals surface area contributed by atoms with Crippen LogP contribution in [0.3, 0.4) is 0 Å². The molecule has 2 rings (SSSR count). The van der Waals surface area contributed by atoms with Gasteiger partial charge in [0, 0.05) is 5.41 Å². The van der Waals surface area contributed by atoms with Gasteiger partial charge in [-0.3, -0.25) is 9.00 Å². The molecule has 0 amide bonds. The Morgan fingerprint density at radius 2 is 1.57 bits per heavy atom. The van der Waals surface area contributed by atoms with Gasteiger partial charge in [-0.1, -0.05) is 67.2 Å².